The number of thiocarbonyl (C=S) groups is 1. The highest BCUT2D eigenvalue weighted by Gasteiger charge is 2.42. The summed E-state index contributed by atoms with van der Waals surface area (Å²) in [6.45, 7) is 9.97. The summed E-state index contributed by atoms with van der Waals surface area (Å²) in [5.41, 5.74) is 0. The number of hydrogen-bond donors (Lipinski definition) is 1. The molecule has 1 saturated heterocycles. The monoisotopic (exact) mass is 408 g/mol. The first-order valence-corrected chi connectivity index (χ1v) is 11.6. The number of nitrogens with zero attached hydrogens (tertiary/aromatic N) is 3. The fourth-order valence-corrected chi connectivity index (χ4v) is 8.44. The van der Waals surface area contributed by atoms with Crippen LogP contribution in [0, 0.1) is 0 Å². The van der Waals surface area contributed by atoms with Gasteiger partial charge in [0, 0.05) is 35.1 Å². The standard InChI is InChI=1S/C18H25N4OPS2/c1-18(2,3)24(15-7-5-4-6-8-15,22-10-12-23-13-11-22)21-16(25)20-17-19-9-14-26-17/h4-9,14H,10-13H2,1-3H3,(H,19,20,25)/t24-/m1/s1. The van der Waals surface area contributed by atoms with Crippen molar-refractivity contribution in [1.82, 2.24) is 9.65 Å². The maximum Gasteiger partial charge on any atom is 0.199 e. The molecule has 0 unspecified atom stereocenters. The van der Waals surface area contributed by atoms with E-state index in [1.807, 2.05) is 11.4 Å². The number of benzene rings is 1. The van der Waals surface area contributed by atoms with Crippen LogP contribution in [0.4, 0.5) is 5.13 Å². The Bertz CT molecular complexity index is 781. The van der Waals surface area contributed by atoms with E-state index in [1.54, 1.807) is 6.20 Å². The Balaban J connectivity index is 2.12. The van der Waals surface area contributed by atoms with Gasteiger partial charge in [-0.1, -0.05) is 51.1 Å². The SMILES string of the molecule is CC(C)(C)[P@@](=NC(=S)Nc1nccs1)(c1ccccc1)N1CCOCC1. The van der Waals surface area contributed by atoms with E-state index >= 15 is 0 Å². The van der Waals surface area contributed by atoms with Crippen molar-refractivity contribution in [3.63, 3.8) is 0 Å². The second-order valence-electron chi connectivity index (χ2n) is 7.04. The third-order valence-electron chi connectivity index (χ3n) is 4.33. The summed E-state index contributed by atoms with van der Waals surface area (Å²) in [5, 5.41) is 7.58. The average Bonchev–Trinajstić information content (AvgIpc) is 3.13. The second kappa shape index (κ2) is 8.28. The van der Waals surface area contributed by atoms with Crippen LogP contribution >= 0.6 is 30.8 Å². The van der Waals surface area contributed by atoms with Crippen LogP contribution in [0.15, 0.2) is 46.7 Å². The molecular formula is C18H25N4OPS2. The number of anilines is 1. The Morgan fingerprint density at radius 3 is 2.54 bits per heavy atom. The van der Waals surface area contributed by atoms with Crippen LogP contribution in [0.2, 0.25) is 0 Å². The van der Waals surface area contributed by atoms with Gasteiger partial charge in [-0.3, -0.25) is 4.67 Å². The van der Waals surface area contributed by atoms with E-state index in [1.165, 1.54) is 16.6 Å². The van der Waals surface area contributed by atoms with Crippen LogP contribution in [0.1, 0.15) is 20.8 Å². The first kappa shape index (κ1) is 19.6. The van der Waals surface area contributed by atoms with E-state index < -0.39 is 7.21 Å². The minimum atomic E-state index is -2.13. The van der Waals surface area contributed by atoms with Gasteiger partial charge in [-0.25, -0.2) is 9.73 Å². The van der Waals surface area contributed by atoms with Gasteiger partial charge < -0.3 is 10.1 Å². The molecule has 2 heterocycles. The largest absolute Gasteiger partial charge is 0.379 e. The fraction of sp³-hybridized carbons (Fsp3) is 0.444. The molecule has 0 aliphatic carbocycles. The topological polar surface area (TPSA) is 49.8 Å². The summed E-state index contributed by atoms with van der Waals surface area (Å²) in [6.07, 6.45) is 1.76. The molecule has 1 aliphatic rings. The van der Waals surface area contributed by atoms with Gasteiger partial charge in [0.25, 0.3) is 0 Å². The van der Waals surface area contributed by atoms with Gasteiger partial charge >= 0.3 is 0 Å². The summed E-state index contributed by atoms with van der Waals surface area (Å²) in [7, 11) is -2.13. The van der Waals surface area contributed by atoms with Crippen molar-refractivity contribution < 1.29 is 4.74 Å². The summed E-state index contributed by atoms with van der Waals surface area (Å²) >= 11 is 7.17. The zero-order valence-corrected chi connectivity index (χ0v) is 17.9. The lowest BCUT2D eigenvalue weighted by atomic mass is 10.3. The third kappa shape index (κ3) is 4.07. The van der Waals surface area contributed by atoms with E-state index in [4.69, 9.17) is 21.7 Å². The first-order chi connectivity index (χ1) is 12.4. The maximum absolute atomic E-state index is 5.65. The molecule has 3 rings (SSSR count). The highest BCUT2D eigenvalue weighted by Crippen LogP contribution is 2.62. The molecule has 0 saturated carbocycles. The highest BCUT2D eigenvalue weighted by molar-refractivity contribution is 7.82. The van der Waals surface area contributed by atoms with E-state index in [0.29, 0.717) is 5.11 Å². The number of hydrogen-bond acceptors (Lipinski definition) is 4. The molecule has 2 aromatic rings. The molecule has 1 atom stereocenters. The lowest BCUT2D eigenvalue weighted by Crippen LogP contribution is -2.43. The van der Waals surface area contributed by atoms with Crippen molar-refractivity contribution in [3.8, 4) is 0 Å². The van der Waals surface area contributed by atoms with Crippen molar-refractivity contribution in [1.29, 1.82) is 0 Å². The van der Waals surface area contributed by atoms with Crippen LogP contribution < -0.4 is 10.6 Å². The van der Waals surface area contributed by atoms with Gasteiger partial charge in [-0.2, -0.15) is 0 Å². The lowest BCUT2D eigenvalue weighted by molar-refractivity contribution is 0.0738. The average molecular weight is 409 g/mol. The molecule has 1 aromatic heterocycles. The zero-order chi connectivity index (χ0) is 18.6. The van der Waals surface area contributed by atoms with E-state index in [9.17, 15) is 0 Å². The van der Waals surface area contributed by atoms with Gasteiger partial charge in [0.15, 0.2) is 10.2 Å². The van der Waals surface area contributed by atoms with E-state index in [2.05, 4.69) is 60.0 Å². The van der Waals surface area contributed by atoms with Crippen molar-refractivity contribution in [2.24, 2.45) is 4.74 Å². The van der Waals surface area contributed by atoms with Gasteiger partial charge in [0.05, 0.1) is 20.4 Å². The Morgan fingerprint density at radius 1 is 1.27 bits per heavy atom. The van der Waals surface area contributed by atoms with Crippen molar-refractivity contribution in [2.75, 3.05) is 31.6 Å². The normalized spacial score (nSPS) is 18.1. The molecule has 1 aliphatic heterocycles. The Hall–Kier alpha value is -1.11. The van der Waals surface area contributed by atoms with Crippen LogP contribution in [0.3, 0.4) is 0 Å². The van der Waals surface area contributed by atoms with Gasteiger partial charge in [0.1, 0.15) is 0 Å². The van der Waals surface area contributed by atoms with Crippen molar-refractivity contribution in [2.45, 2.75) is 25.9 Å². The number of thiazole rings is 1. The number of aromatic nitrogens is 1. The zero-order valence-electron chi connectivity index (χ0n) is 15.4. The molecule has 1 fully saturated rings. The number of nitrogens with one attached hydrogen (secondary N) is 1. The molecule has 0 radical (unpaired) electrons. The summed E-state index contributed by atoms with van der Waals surface area (Å²) in [4.78, 5) is 4.27. The molecule has 0 spiro atoms. The molecule has 140 valence electrons. The third-order valence-corrected chi connectivity index (χ3v) is 9.94. The molecule has 0 bridgehead atoms. The summed E-state index contributed by atoms with van der Waals surface area (Å²) in [6, 6.07) is 10.6. The van der Waals surface area contributed by atoms with Crippen LogP contribution in [-0.2, 0) is 4.74 Å². The van der Waals surface area contributed by atoms with E-state index in [-0.39, 0.29) is 5.16 Å². The van der Waals surface area contributed by atoms with Crippen LogP contribution in [0.25, 0.3) is 0 Å². The van der Waals surface area contributed by atoms with Crippen LogP contribution in [-0.4, -0.2) is 46.2 Å². The lowest BCUT2D eigenvalue weighted by Gasteiger charge is -2.46. The second-order valence-corrected chi connectivity index (χ2v) is 12.1. The quantitative estimate of drug-likeness (QED) is 0.602. The molecule has 5 nitrogen and oxygen atoms in total. The first-order valence-electron chi connectivity index (χ1n) is 8.65. The van der Waals surface area contributed by atoms with Crippen molar-refractivity contribution in [3.05, 3.63) is 41.9 Å². The summed E-state index contributed by atoms with van der Waals surface area (Å²) in [5.74, 6) is 0. The van der Waals surface area contributed by atoms with Crippen molar-refractivity contribution >= 4 is 46.3 Å². The number of rotatable bonds is 3. The van der Waals surface area contributed by atoms with E-state index in [0.717, 1.165) is 31.4 Å². The summed E-state index contributed by atoms with van der Waals surface area (Å²) < 4.78 is 13.3. The molecule has 26 heavy (non-hydrogen) atoms. The smallest absolute Gasteiger partial charge is 0.199 e. The minimum Gasteiger partial charge on any atom is -0.379 e. The highest BCUT2D eigenvalue weighted by atomic mass is 32.1. The fourth-order valence-electron chi connectivity index (χ4n) is 3.26. The molecular weight excluding hydrogens is 383 g/mol. The molecule has 0 amide bonds. The minimum absolute atomic E-state index is 0.0691. The molecule has 1 aromatic carbocycles. The maximum atomic E-state index is 5.65. The predicted octanol–water partition coefficient (Wildman–Crippen LogP) is 4.41. The number of ether oxygens (including phenoxy) is 1. The van der Waals surface area contributed by atoms with Crippen LogP contribution in [0.5, 0.6) is 0 Å². The Labute approximate surface area is 164 Å². The Morgan fingerprint density at radius 2 is 1.96 bits per heavy atom. The van der Waals surface area contributed by atoms with Gasteiger partial charge in [0.2, 0.25) is 0 Å². The van der Waals surface area contributed by atoms with Gasteiger partial charge in [-0.15, -0.1) is 11.3 Å². The van der Waals surface area contributed by atoms with Gasteiger partial charge in [-0.05, 0) is 12.2 Å². The predicted molar refractivity (Wildman–Crippen MR) is 116 cm³/mol. The molecule has 8 heteroatoms. The number of morpholine rings is 1. The Kier molecular flexibility index (Phi) is 6.25. The molecule has 1 N–H and O–H groups in total.